The molecule has 0 aliphatic heterocycles. The number of hydrogen-bond donors (Lipinski definition) is 2. The molecule has 0 aromatic heterocycles. The zero-order valence-electron chi connectivity index (χ0n) is 13.0. The van der Waals surface area contributed by atoms with Gasteiger partial charge in [0.25, 0.3) is 5.91 Å². The number of ether oxygens (including phenoxy) is 1. The van der Waals surface area contributed by atoms with E-state index >= 15 is 0 Å². The van der Waals surface area contributed by atoms with Crippen molar-refractivity contribution in [2.45, 2.75) is 6.54 Å². The molecular weight excluding hydrogens is 302 g/mol. The molecule has 6 heteroatoms. The van der Waals surface area contributed by atoms with Crippen LogP contribution in [0.1, 0.15) is 5.56 Å². The molecule has 2 aromatic rings. The molecule has 0 fully saturated rings. The van der Waals surface area contributed by atoms with E-state index in [-0.39, 0.29) is 18.1 Å². The van der Waals surface area contributed by atoms with Crippen LogP contribution in [0.4, 0.5) is 14.5 Å². The van der Waals surface area contributed by atoms with Crippen LogP contribution >= 0.6 is 0 Å². The Hall–Kier alpha value is -2.47. The third kappa shape index (κ3) is 5.03. The fourth-order valence-corrected chi connectivity index (χ4v) is 2.25. The van der Waals surface area contributed by atoms with Gasteiger partial charge in [0.15, 0.2) is 18.2 Å². The highest BCUT2D eigenvalue weighted by Crippen LogP contribution is 2.13. The zero-order chi connectivity index (χ0) is 16.8. The molecular formula is C17H19F2N2O2+. The molecule has 1 amide bonds. The van der Waals surface area contributed by atoms with Gasteiger partial charge in [0.1, 0.15) is 12.3 Å². The van der Waals surface area contributed by atoms with Gasteiger partial charge in [-0.1, -0.05) is 12.1 Å². The maximum absolute atomic E-state index is 13.1. The molecule has 2 N–H and O–H groups in total. The number of carbonyl (C=O) groups excluding carboxylic acids is 1. The van der Waals surface area contributed by atoms with Crippen molar-refractivity contribution in [2.75, 3.05) is 26.0 Å². The molecule has 0 radical (unpaired) electrons. The first kappa shape index (κ1) is 16.9. The molecule has 0 aliphatic rings. The van der Waals surface area contributed by atoms with Gasteiger partial charge in [0.2, 0.25) is 0 Å². The first-order valence-corrected chi connectivity index (χ1v) is 7.17. The van der Waals surface area contributed by atoms with Gasteiger partial charge in [-0.05, 0) is 24.3 Å². The van der Waals surface area contributed by atoms with E-state index in [4.69, 9.17) is 4.74 Å². The van der Waals surface area contributed by atoms with Crippen LogP contribution in [-0.2, 0) is 11.3 Å². The number of likely N-dealkylation sites (N-methyl/N-ethyl adjacent to an activating group) is 1. The molecule has 2 rings (SSSR count). The summed E-state index contributed by atoms with van der Waals surface area (Å²) in [6.07, 6.45) is 0. The number of rotatable bonds is 6. The van der Waals surface area contributed by atoms with Crippen LogP contribution in [-0.4, -0.2) is 26.6 Å². The van der Waals surface area contributed by atoms with Crippen molar-refractivity contribution in [2.24, 2.45) is 0 Å². The fourth-order valence-electron chi connectivity index (χ4n) is 2.25. The largest absolute Gasteiger partial charge is 0.497 e. The quantitative estimate of drug-likeness (QED) is 0.849. The first-order valence-electron chi connectivity index (χ1n) is 7.17. The summed E-state index contributed by atoms with van der Waals surface area (Å²) >= 11 is 0. The molecule has 1 atom stereocenters. The predicted octanol–water partition coefficient (Wildman–Crippen LogP) is 1.63. The number of hydrogen-bond acceptors (Lipinski definition) is 2. The van der Waals surface area contributed by atoms with E-state index in [1.54, 1.807) is 7.11 Å². The SMILES string of the molecule is COc1cccc(C[NH+](C)CC(=O)Nc2ccc(F)c(F)c2)c1. The number of anilines is 1. The van der Waals surface area contributed by atoms with E-state index in [1.807, 2.05) is 31.3 Å². The molecule has 0 saturated heterocycles. The second kappa shape index (κ2) is 7.69. The Morgan fingerprint density at radius 1 is 1.17 bits per heavy atom. The molecule has 0 heterocycles. The average molecular weight is 321 g/mol. The minimum absolute atomic E-state index is 0.205. The summed E-state index contributed by atoms with van der Waals surface area (Å²) < 4.78 is 31.1. The van der Waals surface area contributed by atoms with E-state index in [1.165, 1.54) is 6.07 Å². The number of amides is 1. The van der Waals surface area contributed by atoms with E-state index in [9.17, 15) is 13.6 Å². The lowest BCUT2D eigenvalue weighted by molar-refractivity contribution is -0.885. The monoisotopic (exact) mass is 321 g/mol. The third-order valence-electron chi connectivity index (χ3n) is 3.31. The minimum atomic E-state index is -0.986. The highest BCUT2D eigenvalue weighted by molar-refractivity contribution is 5.91. The minimum Gasteiger partial charge on any atom is -0.497 e. The van der Waals surface area contributed by atoms with Gasteiger partial charge in [-0.3, -0.25) is 4.79 Å². The van der Waals surface area contributed by atoms with Gasteiger partial charge in [-0.15, -0.1) is 0 Å². The van der Waals surface area contributed by atoms with Crippen molar-refractivity contribution >= 4 is 11.6 Å². The van der Waals surface area contributed by atoms with Crippen LogP contribution in [0.15, 0.2) is 42.5 Å². The lowest BCUT2D eigenvalue weighted by Gasteiger charge is -2.14. The number of benzene rings is 2. The Labute approximate surface area is 133 Å². The van der Waals surface area contributed by atoms with Gasteiger partial charge >= 0.3 is 0 Å². The molecule has 1 unspecified atom stereocenters. The zero-order valence-corrected chi connectivity index (χ0v) is 13.0. The van der Waals surface area contributed by atoms with Crippen LogP contribution < -0.4 is 15.0 Å². The summed E-state index contributed by atoms with van der Waals surface area (Å²) in [5.74, 6) is -1.43. The Kier molecular flexibility index (Phi) is 5.65. The molecule has 122 valence electrons. The molecule has 2 aromatic carbocycles. The number of quaternary nitrogens is 1. The Balaban J connectivity index is 1.90. The van der Waals surface area contributed by atoms with Gasteiger partial charge in [0.05, 0.1) is 14.2 Å². The predicted molar refractivity (Wildman–Crippen MR) is 83.4 cm³/mol. The highest BCUT2D eigenvalue weighted by Gasteiger charge is 2.12. The van der Waals surface area contributed by atoms with Crippen LogP contribution in [0.2, 0.25) is 0 Å². The van der Waals surface area contributed by atoms with Crippen molar-refractivity contribution < 1.29 is 23.2 Å². The van der Waals surface area contributed by atoms with Gasteiger partial charge in [-0.25, -0.2) is 8.78 Å². The van der Waals surface area contributed by atoms with Crippen molar-refractivity contribution in [3.05, 3.63) is 59.7 Å². The van der Waals surface area contributed by atoms with Crippen molar-refractivity contribution in [1.82, 2.24) is 0 Å². The van der Waals surface area contributed by atoms with Crippen LogP contribution in [0, 0.1) is 11.6 Å². The molecule has 0 bridgehead atoms. The van der Waals surface area contributed by atoms with Crippen LogP contribution in [0.3, 0.4) is 0 Å². The Morgan fingerprint density at radius 3 is 2.65 bits per heavy atom. The van der Waals surface area contributed by atoms with Crippen LogP contribution in [0.25, 0.3) is 0 Å². The normalized spacial score (nSPS) is 11.8. The molecule has 0 saturated carbocycles. The second-order valence-electron chi connectivity index (χ2n) is 5.34. The number of nitrogens with one attached hydrogen (secondary N) is 2. The van der Waals surface area contributed by atoms with Crippen LogP contribution in [0.5, 0.6) is 5.75 Å². The van der Waals surface area contributed by atoms with Crippen molar-refractivity contribution in [3.63, 3.8) is 0 Å². The summed E-state index contributed by atoms with van der Waals surface area (Å²) in [5.41, 5.74) is 1.28. The smallest absolute Gasteiger partial charge is 0.279 e. The summed E-state index contributed by atoms with van der Waals surface area (Å²) in [5, 5.41) is 2.56. The van der Waals surface area contributed by atoms with E-state index in [2.05, 4.69) is 5.32 Å². The molecule has 0 spiro atoms. The summed E-state index contributed by atoms with van der Waals surface area (Å²) in [7, 11) is 3.48. The van der Waals surface area contributed by atoms with Gasteiger partial charge < -0.3 is 15.0 Å². The lowest BCUT2D eigenvalue weighted by Crippen LogP contribution is -3.08. The molecule has 0 aliphatic carbocycles. The van der Waals surface area contributed by atoms with Crippen molar-refractivity contribution in [3.8, 4) is 5.75 Å². The number of halogens is 2. The molecule has 4 nitrogen and oxygen atoms in total. The van der Waals surface area contributed by atoms with E-state index < -0.39 is 11.6 Å². The lowest BCUT2D eigenvalue weighted by atomic mass is 10.2. The van der Waals surface area contributed by atoms with Gasteiger partial charge in [-0.2, -0.15) is 0 Å². The Morgan fingerprint density at radius 2 is 1.96 bits per heavy atom. The maximum Gasteiger partial charge on any atom is 0.279 e. The topological polar surface area (TPSA) is 42.8 Å². The maximum atomic E-state index is 13.1. The second-order valence-corrected chi connectivity index (χ2v) is 5.34. The molecule has 23 heavy (non-hydrogen) atoms. The summed E-state index contributed by atoms with van der Waals surface area (Å²) in [6.45, 7) is 0.846. The summed E-state index contributed by atoms with van der Waals surface area (Å²) in [6, 6.07) is 10.9. The average Bonchev–Trinajstić information content (AvgIpc) is 2.51. The van der Waals surface area contributed by atoms with E-state index in [0.717, 1.165) is 28.3 Å². The van der Waals surface area contributed by atoms with Crippen molar-refractivity contribution in [1.29, 1.82) is 0 Å². The highest BCUT2D eigenvalue weighted by atomic mass is 19.2. The van der Waals surface area contributed by atoms with E-state index in [0.29, 0.717) is 6.54 Å². The fraction of sp³-hybridized carbons (Fsp3) is 0.235. The number of carbonyl (C=O) groups is 1. The first-order chi connectivity index (χ1) is 11.0. The standard InChI is InChI=1S/C17H18F2N2O2/c1-21(10-12-4-3-5-14(8-12)23-2)11-17(22)20-13-6-7-15(18)16(19)9-13/h3-9H,10-11H2,1-2H3,(H,20,22)/p+1. The number of methoxy groups -OCH3 is 1. The Bertz CT molecular complexity index is 692. The van der Waals surface area contributed by atoms with Gasteiger partial charge in [0, 0.05) is 17.3 Å². The summed E-state index contributed by atoms with van der Waals surface area (Å²) in [4.78, 5) is 12.9. The third-order valence-corrected chi connectivity index (χ3v) is 3.31.